The summed E-state index contributed by atoms with van der Waals surface area (Å²) in [5, 5.41) is 7.59. The molecule has 1 spiro atoms. The molecule has 2 aromatic rings. The maximum absolute atomic E-state index is 12.6. The minimum atomic E-state index is -0.0420. The van der Waals surface area contributed by atoms with Gasteiger partial charge in [-0.1, -0.05) is 6.92 Å². The molecule has 7 nitrogen and oxygen atoms in total. The van der Waals surface area contributed by atoms with Crippen molar-refractivity contribution in [3.05, 3.63) is 14.1 Å². The Balaban J connectivity index is 1.64. The molecule has 2 fully saturated rings. The third kappa shape index (κ3) is 2.29. The van der Waals surface area contributed by atoms with Crippen LogP contribution in [0.25, 0.3) is 11.0 Å². The molecular weight excluding hydrogens is 421 g/mol. The Morgan fingerprint density at radius 1 is 1.33 bits per heavy atom. The van der Waals surface area contributed by atoms with Gasteiger partial charge in [0.15, 0.2) is 5.65 Å². The number of piperidine rings is 1. The number of H-pyrrole nitrogens is 1. The summed E-state index contributed by atoms with van der Waals surface area (Å²) in [6.07, 6.45) is 2.48. The predicted molar refractivity (Wildman–Crippen MR) is 100 cm³/mol. The van der Waals surface area contributed by atoms with Crippen molar-refractivity contribution >= 4 is 39.6 Å². The molecule has 1 N–H and O–H groups in total. The highest BCUT2D eigenvalue weighted by atomic mass is 127. The van der Waals surface area contributed by atoms with Gasteiger partial charge in [-0.3, -0.25) is 14.5 Å². The lowest BCUT2D eigenvalue weighted by Gasteiger charge is -2.42. The fourth-order valence-electron chi connectivity index (χ4n) is 4.12. The zero-order valence-electron chi connectivity index (χ0n) is 14.2. The summed E-state index contributed by atoms with van der Waals surface area (Å²) >= 11 is 2.09. The molecule has 2 atom stereocenters. The van der Waals surface area contributed by atoms with Crippen molar-refractivity contribution in [2.75, 3.05) is 24.6 Å². The molecule has 2 saturated heterocycles. The summed E-state index contributed by atoms with van der Waals surface area (Å²) < 4.78 is 8.29. The van der Waals surface area contributed by atoms with Crippen molar-refractivity contribution in [2.24, 2.45) is 18.4 Å². The number of halogens is 1. The molecule has 2 aromatic heterocycles. The van der Waals surface area contributed by atoms with Crippen LogP contribution in [0.15, 0.2) is 4.79 Å². The van der Waals surface area contributed by atoms with Crippen molar-refractivity contribution in [1.29, 1.82) is 0 Å². The molecule has 0 unspecified atom stereocenters. The average molecular weight is 443 g/mol. The van der Waals surface area contributed by atoms with Crippen molar-refractivity contribution in [3.63, 3.8) is 0 Å². The molecule has 4 heterocycles. The van der Waals surface area contributed by atoms with Gasteiger partial charge in [0.1, 0.15) is 9.09 Å². The van der Waals surface area contributed by atoms with E-state index in [1.807, 2.05) is 0 Å². The number of aromatic amines is 1. The van der Waals surface area contributed by atoms with E-state index in [2.05, 4.69) is 56.5 Å². The molecule has 24 heavy (non-hydrogen) atoms. The standard InChI is InChI=1S/C16H22IN5O2/c1-9-10(2)24-8-16(9)4-6-22(7-5-16)15-18-13-11(12(17)19-20-13)14(23)21(15)3/h9-10H,4-8H2,1-3H3,(H,19,20)/t9-,10+/m1/s1. The zero-order valence-corrected chi connectivity index (χ0v) is 16.3. The largest absolute Gasteiger partial charge is 0.378 e. The van der Waals surface area contributed by atoms with E-state index in [9.17, 15) is 4.79 Å². The highest BCUT2D eigenvalue weighted by Gasteiger charge is 2.47. The fraction of sp³-hybridized carbons (Fsp3) is 0.688. The lowest BCUT2D eigenvalue weighted by atomic mass is 9.70. The van der Waals surface area contributed by atoms with Crippen LogP contribution in [0, 0.1) is 15.0 Å². The molecule has 0 aromatic carbocycles. The summed E-state index contributed by atoms with van der Waals surface area (Å²) in [5.41, 5.74) is 0.740. The topological polar surface area (TPSA) is 76.0 Å². The van der Waals surface area contributed by atoms with Crippen molar-refractivity contribution in [3.8, 4) is 0 Å². The predicted octanol–water partition coefficient (Wildman–Crippen LogP) is 1.90. The van der Waals surface area contributed by atoms with E-state index in [4.69, 9.17) is 4.74 Å². The van der Waals surface area contributed by atoms with Gasteiger partial charge in [0.05, 0.1) is 12.7 Å². The molecule has 0 saturated carbocycles. The third-order valence-corrected chi connectivity index (χ3v) is 6.85. The third-order valence-electron chi connectivity index (χ3n) is 6.07. The summed E-state index contributed by atoms with van der Waals surface area (Å²) in [6, 6.07) is 0. The highest BCUT2D eigenvalue weighted by molar-refractivity contribution is 14.1. The molecule has 0 aliphatic carbocycles. The summed E-state index contributed by atoms with van der Waals surface area (Å²) in [4.78, 5) is 19.5. The van der Waals surface area contributed by atoms with Crippen LogP contribution < -0.4 is 10.5 Å². The smallest absolute Gasteiger partial charge is 0.266 e. The van der Waals surface area contributed by atoms with Crippen LogP contribution in [0.3, 0.4) is 0 Å². The van der Waals surface area contributed by atoms with Gasteiger partial charge in [0.2, 0.25) is 5.95 Å². The van der Waals surface area contributed by atoms with E-state index in [1.165, 1.54) is 0 Å². The second kappa shape index (κ2) is 5.69. The molecule has 2 aliphatic rings. The Hall–Kier alpha value is -1.16. The quantitative estimate of drug-likeness (QED) is 0.682. The fourth-order valence-corrected chi connectivity index (χ4v) is 4.71. The highest BCUT2D eigenvalue weighted by Crippen LogP contribution is 2.46. The summed E-state index contributed by atoms with van der Waals surface area (Å²) in [5.74, 6) is 1.29. The molecule has 2 aliphatic heterocycles. The van der Waals surface area contributed by atoms with Crippen molar-refractivity contribution < 1.29 is 4.74 Å². The SMILES string of the molecule is C[C@@H]1OCC2(CCN(c3nc4n[nH]c(I)c4c(=O)n3C)CC2)[C@@H]1C. The van der Waals surface area contributed by atoms with Crippen LogP contribution in [-0.4, -0.2) is 45.5 Å². The zero-order chi connectivity index (χ0) is 17.1. The summed E-state index contributed by atoms with van der Waals surface area (Å²) in [6.45, 7) is 7.12. The van der Waals surface area contributed by atoms with Gasteiger partial charge in [0, 0.05) is 25.6 Å². The Labute approximate surface area is 153 Å². The number of fused-ring (bicyclic) bond motifs is 1. The molecule has 0 radical (unpaired) electrons. The molecule has 0 bridgehead atoms. The first-order chi connectivity index (χ1) is 11.4. The normalized spacial score (nSPS) is 26.6. The van der Waals surface area contributed by atoms with Crippen LogP contribution in [-0.2, 0) is 11.8 Å². The summed E-state index contributed by atoms with van der Waals surface area (Å²) in [7, 11) is 1.79. The van der Waals surface area contributed by atoms with Gasteiger partial charge >= 0.3 is 0 Å². The van der Waals surface area contributed by atoms with Crippen molar-refractivity contribution in [1.82, 2.24) is 19.7 Å². The average Bonchev–Trinajstić information content (AvgIpc) is 3.08. The van der Waals surface area contributed by atoms with Gasteiger partial charge in [-0.25, -0.2) is 0 Å². The van der Waals surface area contributed by atoms with Crippen molar-refractivity contribution in [2.45, 2.75) is 32.8 Å². The Kier molecular flexibility index (Phi) is 3.87. The van der Waals surface area contributed by atoms with Crippen LogP contribution in [0.4, 0.5) is 5.95 Å². The van der Waals surface area contributed by atoms with Gasteiger partial charge in [-0.2, -0.15) is 10.1 Å². The van der Waals surface area contributed by atoms with Gasteiger partial charge in [0.25, 0.3) is 5.56 Å². The second-order valence-electron chi connectivity index (χ2n) is 7.17. The van der Waals surface area contributed by atoms with Gasteiger partial charge < -0.3 is 9.64 Å². The Morgan fingerprint density at radius 3 is 2.67 bits per heavy atom. The van der Waals surface area contributed by atoms with Crippen LogP contribution in [0.1, 0.15) is 26.7 Å². The molecule has 0 amide bonds. The number of rotatable bonds is 1. The molecule has 130 valence electrons. The lowest BCUT2D eigenvalue weighted by Crippen LogP contribution is -2.45. The van der Waals surface area contributed by atoms with E-state index in [-0.39, 0.29) is 11.0 Å². The monoisotopic (exact) mass is 443 g/mol. The molecule has 8 heteroatoms. The maximum Gasteiger partial charge on any atom is 0.266 e. The van der Waals surface area contributed by atoms with Crippen LogP contribution in [0.2, 0.25) is 0 Å². The van der Waals surface area contributed by atoms with E-state index in [1.54, 1.807) is 11.6 Å². The maximum atomic E-state index is 12.6. The first-order valence-corrected chi connectivity index (χ1v) is 9.48. The first-order valence-electron chi connectivity index (χ1n) is 8.40. The van der Waals surface area contributed by atoms with Gasteiger partial charge in [-0.15, -0.1) is 0 Å². The number of aromatic nitrogens is 4. The lowest BCUT2D eigenvalue weighted by molar-refractivity contribution is 0.0968. The first kappa shape index (κ1) is 16.3. The van der Waals surface area contributed by atoms with Crippen LogP contribution in [0.5, 0.6) is 0 Å². The number of hydrogen-bond donors (Lipinski definition) is 1. The van der Waals surface area contributed by atoms with E-state index >= 15 is 0 Å². The van der Waals surface area contributed by atoms with E-state index in [0.717, 1.165) is 36.2 Å². The minimum absolute atomic E-state index is 0.0420. The van der Waals surface area contributed by atoms with E-state index < -0.39 is 0 Å². The number of nitrogens with zero attached hydrogens (tertiary/aromatic N) is 4. The van der Waals surface area contributed by atoms with E-state index in [0.29, 0.717) is 29.0 Å². The Bertz CT molecular complexity index is 837. The second-order valence-corrected chi connectivity index (χ2v) is 8.25. The number of hydrogen-bond acceptors (Lipinski definition) is 5. The van der Waals surface area contributed by atoms with Gasteiger partial charge in [-0.05, 0) is 48.3 Å². The number of nitrogens with one attached hydrogen (secondary N) is 1. The molecular formula is C16H22IN5O2. The molecule has 4 rings (SSSR count). The number of ether oxygens (including phenoxy) is 1. The minimum Gasteiger partial charge on any atom is -0.378 e. The number of anilines is 1. The van der Waals surface area contributed by atoms with Crippen LogP contribution >= 0.6 is 22.6 Å². The Morgan fingerprint density at radius 2 is 2.04 bits per heavy atom.